The number of aromatic nitrogens is 1. The molecule has 2 rings (SSSR count). The molecule has 1 aromatic carbocycles. The number of nitrogens with two attached hydrogens (primary N) is 2. The first-order chi connectivity index (χ1) is 8.15. The van der Waals surface area contributed by atoms with Crippen molar-refractivity contribution in [1.29, 1.82) is 0 Å². The summed E-state index contributed by atoms with van der Waals surface area (Å²) in [5, 5.41) is 0. The third kappa shape index (κ3) is 2.92. The van der Waals surface area contributed by atoms with E-state index in [1.165, 1.54) is 0 Å². The third-order valence-corrected chi connectivity index (χ3v) is 2.31. The molecule has 1 aromatic heterocycles. The van der Waals surface area contributed by atoms with E-state index in [-0.39, 0.29) is 4.99 Å². The van der Waals surface area contributed by atoms with Crippen molar-refractivity contribution in [2.24, 2.45) is 5.73 Å². The first-order valence-corrected chi connectivity index (χ1v) is 5.35. The fraction of sp³-hybridized carbons (Fsp3) is 0. The topological polar surface area (TPSA) is 74.2 Å². The van der Waals surface area contributed by atoms with Gasteiger partial charge in [-0.3, -0.25) is 4.98 Å². The van der Waals surface area contributed by atoms with Gasteiger partial charge < -0.3 is 16.2 Å². The largest absolute Gasteiger partial charge is 0.457 e. The van der Waals surface area contributed by atoms with Crippen LogP contribution in [0, 0.1) is 0 Å². The van der Waals surface area contributed by atoms with Crippen LogP contribution < -0.4 is 16.2 Å². The summed E-state index contributed by atoms with van der Waals surface area (Å²) < 4.78 is 5.61. The Bertz CT molecular complexity index is 540. The zero-order valence-corrected chi connectivity index (χ0v) is 9.78. The van der Waals surface area contributed by atoms with Crippen molar-refractivity contribution in [3.8, 4) is 11.5 Å². The van der Waals surface area contributed by atoms with Gasteiger partial charge in [-0.15, -0.1) is 0 Å². The van der Waals surface area contributed by atoms with E-state index in [2.05, 4.69) is 4.98 Å². The van der Waals surface area contributed by atoms with Crippen LogP contribution in [-0.2, 0) is 0 Å². The van der Waals surface area contributed by atoms with Gasteiger partial charge in [0, 0.05) is 18.0 Å². The van der Waals surface area contributed by atoms with Crippen molar-refractivity contribution in [2.45, 2.75) is 0 Å². The van der Waals surface area contributed by atoms with E-state index in [4.69, 9.17) is 28.4 Å². The second kappa shape index (κ2) is 4.80. The zero-order valence-electron chi connectivity index (χ0n) is 8.96. The first kappa shape index (κ1) is 11.3. The van der Waals surface area contributed by atoms with Crippen molar-refractivity contribution in [2.75, 3.05) is 5.73 Å². The van der Waals surface area contributed by atoms with Gasteiger partial charge >= 0.3 is 0 Å². The van der Waals surface area contributed by atoms with Crippen molar-refractivity contribution >= 4 is 22.9 Å². The number of pyridine rings is 1. The molecule has 0 saturated heterocycles. The van der Waals surface area contributed by atoms with E-state index in [1.807, 2.05) is 0 Å². The summed E-state index contributed by atoms with van der Waals surface area (Å²) in [4.78, 5) is 4.27. The van der Waals surface area contributed by atoms with Gasteiger partial charge in [0.1, 0.15) is 22.2 Å². The summed E-state index contributed by atoms with van der Waals surface area (Å²) in [5.41, 5.74) is 12.3. The molecule has 4 nitrogen and oxygen atoms in total. The molecule has 0 amide bonds. The first-order valence-electron chi connectivity index (χ1n) is 4.94. The highest BCUT2D eigenvalue weighted by atomic mass is 32.1. The van der Waals surface area contributed by atoms with Crippen LogP contribution in [-0.4, -0.2) is 9.97 Å². The van der Waals surface area contributed by atoms with E-state index < -0.39 is 0 Å². The number of anilines is 1. The lowest BCUT2D eigenvalue weighted by atomic mass is 10.3. The smallest absolute Gasteiger partial charge is 0.131 e. The third-order valence-electron chi connectivity index (χ3n) is 2.10. The SMILES string of the molecule is NC(=S)c1cc(Oc2ccc(N)cc2)ccn1. The van der Waals surface area contributed by atoms with Crippen molar-refractivity contribution < 1.29 is 4.74 Å². The molecule has 1 heterocycles. The molecule has 0 saturated carbocycles. The number of thiocarbonyl (C=S) groups is 1. The molecule has 0 radical (unpaired) electrons. The minimum absolute atomic E-state index is 0.243. The van der Waals surface area contributed by atoms with E-state index in [9.17, 15) is 0 Å². The summed E-state index contributed by atoms with van der Waals surface area (Å²) >= 11 is 4.85. The molecule has 17 heavy (non-hydrogen) atoms. The Kier molecular flexibility index (Phi) is 3.20. The number of benzene rings is 1. The minimum atomic E-state index is 0.243. The summed E-state index contributed by atoms with van der Waals surface area (Å²) in [6.45, 7) is 0. The van der Waals surface area contributed by atoms with Gasteiger partial charge in [0.25, 0.3) is 0 Å². The van der Waals surface area contributed by atoms with Crippen molar-refractivity contribution in [3.63, 3.8) is 0 Å². The Hall–Kier alpha value is -2.14. The highest BCUT2D eigenvalue weighted by molar-refractivity contribution is 7.80. The Morgan fingerprint density at radius 2 is 1.82 bits per heavy atom. The molecular weight excluding hydrogens is 234 g/mol. The van der Waals surface area contributed by atoms with Gasteiger partial charge in [-0.05, 0) is 30.3 Å². The van der Waals surface area contributed by atoms with Crippen LogP contribution in [0.2, 0.25) is 0 Å². The van der Waals surface area contributed by atoms with Gasteiger partial charge in [0.15, 0.2) is 0 Å². The highest BCUT2D eigenvalue weighted by Gasteiger charge is 2.02. The van der Waals surface area contributed by atoms with Gasteiger partial charge in [0.05, 0.1) is 0 Å². The lowest BCUT2D eigenvalue weighted by molar-refractivity contribution is 0.482. The van der Waals surface area contributed by atoms with Crippen LogP contribution >= 0.6 is 12.2 Å². The second-order valence-electron chi connectivity index (χ2n) is 3.41. The number of rotatable bonds is 3. The van der Waals surface area contributed by atoms with Crippen LogP contribution in [0.1, 0.15) is 5.69 Å². The summed E-state index contributed by atoms with van der Waals surface area (Å²) in [6.07, 6.45) is 1.60. The number of nitrogens with zero attached hydrogens (tertiary/aromatic N) is 1. The predicted octanol–water partition coefficient (Wildman–Crippen LogP) is 2.09. The second-order valence-corrected chi connectivity index (χ2v) is 3.85. The number of hydrogen-bond donors (Lipinski definition) is 2. The standard InChI is InChI=1S/C12H11N3OS/c13-8-1-3-9(4-2-8)16-10-5-6-15-11(7-10)12(14)17/h1-7H,13H2,(H2,14,17). The highest BCUT2D eigenvalue weighted by Crippen LogP contribution is 2.22. The molecule has 0 fully saturated rings. The van der Waals surface area contributed by atoms with Gasteiger partial charge in [-0.2, -0.15) is 0 Å². The predicted molar refractivity (Wildman–Crippen MR) is 71.1 cm³/mol. The van der Waals surface area contributed by atoms with Crippen LogP contribution in [0.15, 0.2) is 42.6 Å². The van der Waals surface area contributed by atoms with Crippen LogP contribution in [0.4, 0.5) is 5.69 Å². The zero-order chi connectivity index (χ0) is 12.3. The molecule has 4 N–H and O–H groups in total. The lowest BCUT2D eigenvalue weighted by Gasteiger charge is -2.06. The molecule has 5 heteroatoms. The maximum Gasteiger partial charge on any atom is 0.131 e. The summed E-state index contributed by atoms with van der Waals surface area (Å²) in [5.74, 6) is 1.33. The van der Waals surface area contributed by atoms with E-state index in [1.54, 1.807) is 42.6 Å². The van der Waals surface area contributed by atoms with E-state index in [0.717, 1.165) is 0 Å². The van der Waals surface area contributed by atoms with Gasteiger partial charge in [0.2, 0.25) is 0 Å². The van der Waals surface area contributed by atoms with Crippen LogP contribution in [0.3, 0.4) is 0 Å². The van der Waals surface area contributed by atoms with Crippen molar-refractivity contribution in [1.82, 2.24) is 4.98 Å². The molecule has 0 aliphatic heterocycles. The molecule has 0 aliphatic carbocycles. The summed E-state index contributed by atoms with van der Waals surface area (Å²) in [6, 6.07) is 10.5. The molecule has 0 unspecified atom stereocenters. The molecule has 0 aliphatic rings. The van der Waals surface area contributed by atoms with Crippen molar-refractivity contribution in [3.05, 3.63) is 48.3 Å². The number of hydrogen-bond acceptors (Lipinski definition) is 4. The van der Waals surface area contributed by atoms with Gasteiger partial charge in [-0.1, -0.05) is 12.2 Å². The average Bonchev–Trinajstić information content (AvgIpc) is 2.32. The molecule has 0 bridgehead atoms. The Morgan fingerprint density at radius 1 is 1.12 bits per heavy atom. The monoisotopic (exact) mass is 245 g/mol. The Morgan fingerprint density at radius 3 is 2.47 bits per heavy atom. The molecule has 0 spiro atoms. The normalized spacial score (nSPS) is 9.88. The van der Waals surface area contributed by atoms with E-state index in [0.29, 0.717) is 22.9 Å². The molecule has 0 atom stereocenters. The number of nitrogen functional groups attached to an aromatic ring is 1. The van der Waals surface area contributed by atoms with Gasteiger partial charge in [-0.25, -0.2) is 0 Å². The van der Waals surface area contributed by atoms with E-state index >= 15 is 0 Å². The maximum atomic E-state index is 5.61. The van der Waals surface area contributed by atoms with Crippen LogP contribution in [0.25, 0.3) is 0 Å². The number of ether oxygens (including phenoxy) is 1. The molecule has 2 aromatic rings. The fourth-order valence-electron chi connectivity index (χ4n) is 1.28. The minimum Gasteiger partial charge on any atom is -0.457 e. The fourth-order valence-corrected chi connectivity index (χ4v) is 1.39. The Balaban J connectivity index is 2.21. The average molecular weight is 245 g/mol. The quantitative estimate of drug-likeness (QED) is 0.639. The maximum absolute atomic E-state index is 5.61. The molecule has 86 valence electrons. The Labute approximate surface area is 104 Å². The molecular formula is C12H11N3OS. The van der Waals surface area contributed by atoms with Crippen LogP contribution in [0.5, 0.6) is 11.5 Å². The lowest BCUT2D eigenvalue weighted by Crippen LogP contribution is -2.11. The summed E-state index contributed by atoms with van der Waals surface area (Å²) in [7, 11) is 0.